The highest BCUT2D eigenvalue weighted by Gasteiger charge is 2.41. The SMILES string of the molecule is CC[C@@H](C)[C@H](OC(=O)[C@@H](NC(=O)[C@H](CCC(=O)OC1CCCCC1)NC(=O)OC(C)(C)C)C(C)(C)O)C(=O)O. The lowest BCUT2D eigenvalue weighted by Crippen LogP contribution is -2.59. The number of nitrogens with one attached hydrogen (secondary N) is 2. The van der Waals surface area contributed by atoms with Crippen molar-refractivity contribution in [2.75, 3.05) is 0 Å². The average molecular weight is 559 g/mol. The maximum Gasteiger partial charge on any atom is 0.408 e. The second-order valence-electron chi connectivity index (χ2n) is 11.7. The predicted molar refractivity (Wildman–Crippen MR) is 141 cm³/mol. The van der Waals surface area contributed by atoms with Gasteiger partial charge in [-0.3, -0.25) is 9.59 Å². The Morgan fingerprint density at radius 2 is 1.56 bits per heavy atom. The van der Waals surface area contributed by atoms with Gasteiger partial charge in [0.15, 0.2) is 6.04 Å². The van der Waals surface area contributed by atoms with Gasteiger partial charge in [-0.1, -0.05) is 20.3 Å². The fourth-order valence-electron chi connectivity index (χ4n) is 3.99. The number of esters is 2. The Morgan fingerprint density at radius 3 is 2.05 bits per heavy atom. The van der Waals surface area contributed by atoms with Crippen molar-refractivity contribution in [3.8, 4) is 0 Å². The Hall–Kier alpha value is -2.89. The van der Waals surface area contributed by atoms with Crippen LogP contribution in [0.4, 0.5) is 4.79 Å². The highest BCUT2D eigenvalue weighted by atomic mass is 16.6. The third kappa shape index (κ3) is 12.7. The lowest BCUT2D eigenvalue weighted by atomic mass is 9.97. The zero-order valence-electron chi connectivity index (χ0n) is 24.2. The normalized spacial score (nSPS) is 17.6. The van der Waals surface area contributed by atoms with Crippen molar-refractivity contribution in [3.63, 3.8) is 0 Å². The Morgan fingerprint density at radius 1 is 0.974 bits per heavy atom. The van der Waals surface area contributed by atoms with E-state index in [2.05, 4.69) is 10.6 Å². The Balaban J connectivity index is 3.04. The van der Waals surface area contributed by atoms with E-state index in [1.807, 2.05) is 0 Å². The molecule has 0 heterocycles. The van der Waals surface area contributed by atoms with Crippen molar-refractivity contribution in [3.05, 3.63) is 0 Å². The zero-order chi connectivity index (χ0) is 30.0. The van der Waals surface area contributed by atoms with E-state index in [0.29, 0.717) is 6.42 Å². The van der Waals surface area contributed by atoms with Crippen molar-refractivity contribution in [2.24, 2.45) is 5.92 Å². The average Bonchev–Trinajstić information content (AvgIpc) is 2.81. The molecule has 0 saturated heterocycles. The number of aliphatic carboxylic acids is 1. The van der Waals surface area contributed by atoms with Crippen molar-refractivity contribution in [1.82, 2.24) is 10.6 Å². The third-order valence-electron chi connectivity index (χ3n) is 6.37. The minimum Gasteiger partial charge on any atom is -0.478 e. The second-order valence-corrected chi connectivity index (χ2v) is 11.7. The summed E-state index contributed by atoms with van der Waals surface area (Å²) in [6.07, 6.45) is 2.02. The first-order valence-electron chi connectivity index (χ1n) is 13.6. The Labute approximate surface area is 230 Å². The molecule has 0 aromatic heterocycles. The molecule has 12 nitrogen and oxygen atoms in total. The summed E-state index contributed by atoms with van der Waals surface area (Å²) in [7, 11) is 0. The van der Waals surface area contributed by atoms with Gasteiger partial charge in [0.25, 0.3) is 0 Å². The molecule has 0 aromatic carbocycles. The van der Waals surface area contributed by atoms with Crippen molar-refractivity contribution in [2.45, 2.75) is 135 Å². The van der Waals surface area contributed by atoms with Crippen LogP contribution >= 0.6 is 0 Å². The van der Waals surface area contributed by atoms with E-state index in [-0.39, 0.29) is 18.9 Å². The van der Waals surface area contributed by atoms with Crippen molar-refractivity contribution >= 4 is 29.9 Å². The van der Waals surface area contributed by atoms with Gasteiger partial charge in [0.2, 0.25) is 12.0 Å². The summed E-state index contributed by atoms with van der Waals surface area (Å²) in [6.45, 7) is 10.7. The maximum absolute atomic E-state index is 13.2. The molecule has 1 fully saturated rings. The summed E-state index contributed by atoms with van der Waals surface area (Å²) in [5.41, 5.74) is -2.73. The second kappa shape index (κ2) is 15.0. The number of hydrogen-bond acceptors (Lipinski definition) is 9. The molecular formula is C27H46N2O10. The van der Waals surface area contributed by atoms with E-state index in [9.17, 15) is 34.2 Å². The first-order chi connectivity index (χ1) is 17.9. The molecule has 0 aromatic rings. The molecule has 0 spiro atoms. The molecule has 2 amide bonds. The van der Waals surface area contributed by atoms with Gasteiger partial charge in [-0.15, -0.1) is 0 Å². The van der Waals surface area contributed by atoms with Gasteiger partial charge < -0.3 is 35.1 Å². The first-order valence-corrected chi connectivity index (χ1v) is 13.6. The number of amides is 2. The summed E-state index contributed by atoms with van der Waals surface area (Å²) in [5.74, 6) is -4.47. The van der Waals surface area contributed by atoms with Gasteiger partial charge in [0, 0.05) is 12.3 Å². The van der Waals surface area contributed by atoms with Gasteiger partial charge >= 0.3 is 24.0 Å². The Bertz CT molecular complexity index is 856. The van der Waals surface area contributed by atoms with Crippen molar-refractivity contribution < 1.29 is 48.4 Å². The summed E-state index contributed by atoms with van der Waals surface area (Å²) >= 11 is 0. The topological polar surface area (TPSA) is 178 Å². The highest BCUT2D eigenvalue weighted by Crippen LogP contribution is 2.21. The zero-order valence-corrected chi connectivity index (χ0v) is 24.2. The number of rotatable bonds is 13. The summed E-state index contributed by atoms with van der Waals surface area (Å²) in [6, 6.07) is -3.01. The number of alkyl carbamates (subject to hydrolysis) is 1. The summed E-state index contributed by atoms with van der Waals surface area (Å²) < 4.78 is 15.9. The first kappa shape index (κ1) is 34.1. The molecule has 4 atom stereocenters. The molecule has 224 valence electrons. The molecular weight excluding hydrogens is 512 g/mol. The van der Waals surface area contributed by atoms with Crippen LogP contribution in [0.1, 0.15) is 99.8 Å². The van der Waals surface area contributed by atoms with Gasteiger partial charge in [-0.05, 0) is 73.1 Å². The molecule has 0 aliphatic heterocycles. The smallest absolute Gasteiger partial charge is 0.408 e. The number of ether oxygens (including phenoxy) is 3. The van der Waals surface area contributed by atoms with Crippen LogP contribution in [0.2, 0.25) is 0 Å². The van der Waals surface area contributed by atoms with Gasteiger partial charge in [-0.2, -0.15) is 0 Å². The number of carbonyl (C=O) groups is 5. The van der Waals surface area contributed by atoms with Crippen LogP contribution in [0, 0.1) is 5.92 Å². The lowest BCUT2D eigenvalue weighted by molar-refractivity contribution is -0.173. The van der Waals surface area contributed by atoms with E-state index in [1.54, 1.807) is 34.6 Å². The molecule has 0 radical (unpaired) electrons. The molecule has 0 unspecified atom stereocenters. The van der Waals surface area contributed by atoms with Crippen LogP contribution in [0.3, 0.4) is 0 Å². The maximum atomic E-state index is 13.2. The number of aliphatic hydroxyl groups is 1. The molecule has 39 heavy (non-hydrogen) atoms. The van der Waals surface area contributed by atoms with Crippen molar-refractivity contribution in [1.29, 1.82) is 0 Å². The highest BCUT2D eigenvalue weighted by molar-refractivity contribution is 5.91. The van der Waals surface area contributed by atoms with Crippen LogP contribution in [-0.2, 0) is 33.4 Å². The number of carboxylic acid groups (broad SMARTS) is 1. The van der Waals surface area contributed by atoms with E-state index < -0.39 is 65.2 Å². The van der Waals surface area contributed by atoms with Crippen LogP contribution in [-0.4, -0.2) is 75.6 Å². The molecule has 1 saturated carbocycles. The minimum atomic E-state index is -1.86. The number of hydrogen-bond donors (Lipinski definition) is 4. The van der Waals surface area contributed by atoms with Crippen LogP contribution in [0.5, 0.6) is 0 Å². The fourth-order valence-corrected chi connectivity index (χ4v) is 3.99. The molecule has 1 rings (SSSR count). The lowest BCUT2D eigenvalue weighted by Gasteiger charge is -2.31. The van der Waals surface area contributed by atoms with Gasteiger partial charge in [0.05, 0.1) is 5.60 Å². The standard InChI is InChI=1S/C27H46N2O10/c1-8-16(2)20(23(32)33)38-24(34)21(27(6,7)36)29-22(31)18(28-25(35)39-26(3,4)5)14-15-19(30)37-17-12-10-9-11-13-17/h16-18,20-21,36H,8-15H2,1-7H3,(H,28,35)(H,29,31)(H,32,33)/t16-,18+,20+,21-/m1/s1. The van der Waals surface area contributed by atoms with Crippen LogP contribution < -0.4 is 10.6 Å². The summed E-state index contributed by atoms with van der Waals surface area (Å²) in [5, 5.41) is 24.8. The molecule has 0 bridgehead atoms. The largest absolute Gasteiger partial charge is 0.478 e. The monoisotopic (exact) mass is 558 g/mol. The van der Waals surface area contributed by atoms with Gasteiger partial charge in [-0.25, -0.2) is 14.4 Å². The van der Waals surface area contributed by atoms with E-state index in [4.69, 9.17) is 14.2 Å². The Kier molecular flexibility index (Phi) is 13.2. The fraction of sp³-hybridized carbons (Fsp3) is 0.815. The molecule has 1 aliphatic rings. The van der Waals surface area contributed by atoms with Crippen LogP contribution in [0.25, 0.3) is 0 Å². The van der Waals surface area contributed by atoms with E-state index >= 15 is 0 Å². The summed E-state index contributed by atoms with van der Waals surface area (Å²) in [4.78, 5) is 62.7. The number of carboxylic acids is 1. The van der Waals surface area contributed by atoms with Gasteiger partial charge in [0.1, 0.15) is 17.7 Å². The van der Waals surface area contributed by atoms with Crippen LogP contribution in [0.15, 0.2) is 0 Å². The third-order valence-corrected chi connectivity index (χ3v) is 6.37. The predicted octanol–water partition coefficient (Wildman–Crippen LogP) is 2.83. The molecule has 1 aliphatic carbocycles. The molecule has 12 heteroatoms. The number of carbonyl (C=O) groups excluding carboxylic acids is 4. The molecule has 4 N–H and O–H groups in total. The van der Waals surface area contributed by atoms with E-state index in [1.165, 1.54) is 13.8 Å². The minimum absolute atomic E-state index is 0.172. The van der Waals surface area contributed by atoms with E-state index in [0.717, 1.165) is 32.1 Å². The quantitative estimate of drug-likeness (QED) is 0.194.